The topological polar surface area (TPSA) is 92.7 Å². The molecule has 1 unspecified atom stereocenters. The van der Waals surface area contributed by atoms with Crippen LogP contribution in [0.25, 0.3) is 10.2 Å². The number of methoxy groups -OCH3 is 1. The smallest absolute Gasteiger partial charge is 0.247 e. The van der Waals surface area contributed by atoms with Crippen LogP contribution >= 0.6 is 11.3 Å². The number of fused-ring (bicyclic) bond motifs is 1. The second kappa shape index (κ2) is 8.29. The van der Waals surface area contributed by atoms with E-state index in [0.717, 1.165) is 16.5 Å². The fourth-order valence-electron chi connectivity index (χ4n) is 3.59. The average molecular weight is 447 g/mol. The summed E-state index contributed by atoms with van der Waals surface area (Å²) in [4.78, 5) is 24.1. The molecule has 0 bridgehead atoms. The lowest BCUT2D eigenvalue weighted by atomic mass is 10.2. The first-order chi connectivity index (χ1) is 14.4. The molecule has 0 spiro atoms. The number of pyridine rings is 1. The van der Waals surface area contributed by atoms with Crippen molar-refractivity contribution in [1.29, 1.82) is 0 Å². The van der Waals surface area contributed by atoms with Crippen molar-refractivity contribution < 1.29 is 17.9 Å². The van der Waals surface area contributed by atoms with Gasteiger partial charge in [0.1, 0.15) is 11.8 Å². The van der Waals surface area contributed by atoms with Crippen LogP contribution in [0.15, 0.2) is 42.6 Å². The number of nitrogens with zero attached hydrogens (tertiary/aromatic N) is 4. The van der Waals surface area contributed by atoms with E-state index in [1.165, 1.54) is 15.6 Å². The average Bonchev–Trinajstić information content (AvgIpc) is 3.38. The molecule has 3 aromatic rings. The summed E-state index contributed by atoms with van der Waals surface area (Å²) >= 11 is 1.38. The van der Waals surface area contributed by atoms with Crippen LogP contribution in [0, 0.1) is 0 Å². The van der Waals surface area contributed by atoms with Gasteiger partial charge in [0.15, 0.2) is 5.13 Å². The summed E-state index contributed by atoms with van der Waals surface area (Å²) in [7, 11) is -1.89. The minimum absolute atomic E-state index is 0.213. The molecule has 1 amide bonds. The van der Waals surface area contributed by atoms with Gasteiger partial charge in [-0.15, -0.1) is 0 Å². The first kappa shape index (κ1) is 20.7. The van der Waals surface area contributed by atoms with Crippen molar-refractivity contribution in [3.05, 3.63) is 48.3 Å². The van der Waals surface area contributed by atoms with Crippen LogP contribution in [-0.4, -0.2) is 54.6 Å². The van der Waals surface area contributed by atoms with Crippen molar-refractivity contribution >= 4 is 42.6 Å². The Morgan fingerprint density at radius 1 is 1.33 bits per heavy atom. The summed E-state index contributed by atoms with van der Waals surface area (Å²) in [5.74, 6) is 0.399. The Balaban J connectivity index is 1.74. The van der Waals surface area contributed by atoms with Crippen molar-refractivity contribution in [2.24, 2.45) is 0 Å². The maximum absolute atomic E-state index is 13.5. The molecule has 2 aromatic heterocycles. The van der Waals surface area contributed by atoms with Crippen molar-refractivity contribution in [2.45, 2.75) is 25.4 Å². The van der Waals surface area contributed by atoms with Crippen molar-refractivity contribution in [2.75, 3.05) is 24.8 Å². The predicted octanol–water partition coefficient (Wildman–Crippen LogP) is 2.66. The van der Waals surface area contributed by atoms with Gasteiger partial charge in [-0.25, -0.2) is 13.4 Å². The first-order valence-corrected chi connectivity index (χ1v) is 12.2. The van der Waals surface area contributed by atoms with Gasteiger partial charge >= 0.3 is 0 Å². The summed E-state index contributed by atoms with van der Waals surface area (Å²) in [6, 6.07) is 10.3. The number of hydrogen-bond donors (Lipinski definition) is 0. The van der Waals surface area contributed by atoms with Gasteiger partial charge in [0, 0.05) is 18.8 Å². The Morgan fingerprint density at radius 3 is 2.87 bits per heavy atom. The van der Waals surface area contributed by atoms with Gasteiger partial charge in [-0.2, -0.15) is 4.31 Å². The van der Waals surface area contributed by atoms with Crippen LogP contribution in [-0.2, 0) is 21.4 Å². The summed E-state index contributed by atoms with van der Waals surface area (Å²) in [6.45, 7) is 0.564. The van der Waals surface area contributed by atoms with E-state index >= 15 is 0 Å². The third-order valence-electron chi connectivity index (χ3n) is 5.04. The van der Waals surface area contributed by atoms with E-state index < -0.39 is 16.1 Å². The third kappa shape index (κ3) is 4.16. The highest BCUT2D eigenvalue weighted by molar-refractivity contribution is 7.88. The van der Waals surface area contributed by atoms with Crippen molar-refractivity contribution in [3.63, 3.8) is 0 Å². The highest BCUT2D eigenvalue weighted by Gasteiger charge is 2.39. The quantitative estimate of drug-likeness (QED) is 0.578. The molecule has 10 heteroatoms. The number of anilines is 1. The monoisotopic (exact) mass is 446 g/mol. The van der Waals surface area contributed by atoms with E-state index in [-0.39, 0.29) is 12.5 Å². The van der Waals surface area contributed by atoms with Gasteiger partial charge in [0.05, 0.1) is 35.8 Å². The van der Waals surface area contributed by atoms with Crippen LogP contribution in [0.1, 0.15) is 18.5 Å². The summed E-state index contributed by atoms with van der Waals surface area (Å²) < 4.78 is 31.9. The van der Waals surface area contributed by atoms with E-state index in [0.29, 0.717) is 36.0 Å². The number of ether oxygens (including phenoxy) is 1. The Kier molecular flexibility index (Phi) is 5.72. The number of thiazole rings is 1. The van der Waals surface area contributed by atoms with Crippen LogP contribution in [0.2, 0.25) is 0 Å². The van der Waals surface area contributed by atoms with Gasteiger partial charge in [-0.1, -0.05) is 17.4 Å². The molecular weight excluding hydrogens is 424 g/mol. The molecule has 0 aliphatic carbocycles. The van der Waals surface area contributed by atoms with E-state index in [9.17, 15) is 13.2 Å². The molecule has 158 valence electrons. The van der Waals surface area contributed by atoms with E-state index in [2.05, 4.69) is 9.97 Å². The second-order valence-corrected chi connectivity index (χ2v) is 10.1. The Labute approximate surface area is 179 Å². The molecule has 1 atom stereocenters. The van der Waals surface area contributed by atoms with Gasteiger partial charge < -0.3 is 4.74 Å². The number of hydrogen-bond acceptors (Lipinski definition) is 7. The molecule has 0 saturated carbocycles. The van der Waals surface area contributed by atoms with Crippen LogP contribution < -0.4 is 9.64 Å². The summed E-state index contributed by atoms with van der Waals surface area (Å²) in [5.41, 5.74) is 1.42. The van der Waals surface area contributed by atoms with Crippen LogP contribution in [0.3, 0.4) is 0 Å². The zero-order valence-corrected chi connectivity index (χ0v) is 18.3. The molecule has 30 heavy (non-hydrogen) atoms. The summed E-state index contributed by atoms with van der Waals surface area (Å²) in [5, 5.41) is 0.509. The first-order valence-electron chi connectivity index (χ1n) is 9.49. The predicted molar refractivity (Wildman–Crippen MR) is 116 cm³/mol. The molecule has 1 aliphatic rings. The minimum Gasteiger partial charge on any atom is -0.497 e. The zero-order chi connectivity index (χ0) is 21.3. The summed E-state index contributed by atoms with van der Waals surface area (Å²) in [6.07, 6.45) is 3.95. The number of sulfonamides is 1. The van der Waals surface area contributed by atoms with Gasteiger partial charge in [-0.3, -0.25) is 14.7 Å². The number of carbonyl (C=O) groups is 1. The maximum Gasteiger partial charge on any atom is 0.247 e. The Hall–Kier alpha value is -2.56. The molecule has 3 heterocycles. The lowest BCUT2D eigenvalue weighted by molar-refractivity contribution is -0.121. The Bertz CT molecular complexity index is 1160. The molecule has 4 rings (SSSR count). The van der Waals surface area contributed by atoms with E-state index in [4.69, 9.17) is 4.74 Å². The molecule has 1 aromatic carbocycles. The van der Waals surface area contributed by atoms with Gasteiger partial charge in [0.2, 0.25) is 15.9 Å². The number of aromatic nitrogens is 2. The molecule has 1 fully saturated rings. The number of rotatable bonds is 6. The van der Waals surface area contributed by atoms with Gasteiger partial charge in [-0.05, 0) is 37.1 Å². The molecule has 8 nitrogen and oxygen atoms in total. The van der Waals surface area contributed by atoms with E-state index in [1.54, 1.807) is 18.2 Å². The number of carbonyl (C=O) groups excluding carboxylic acids is 1. The highest BCUT2D eigenvalue weighted by atomic mass is 32.2. The lowest BCUT2D eigenvalue weighted by Gasteiger charge is -2.27. The highest BCUT2D eigenvalue weighted by Crippen LogP contribution is 2.33. The normalized spacial score (nSPS) is 17.3. The zero-order valence-electron chi connectivity index (χ0n) is 16.7. The SMILES string of the molecule is COc1ccc2sc(N(Cc3ccccn3)C(=O)C3CCCN3S(C)(=O)=O)nc2c1. The molecule has 1 aliphatic heterocycles. The third-order valence-corrected chi connectivity index (χ3v) is 7.39. The maximum atomic E-state index is 13.5. The fourth-order valence-corrected chi connectivity index (χ4v) is 5.66. The Morgan fingerprint density at radius 2 is 2.17 bits per heavy atom. The minimum atomic E-state index is -3.48. The van der Waals surface area contributed by atoms with Crippen molar-refractivity contribution in [1.82, 2.24) is 14.3 Å². The number of amides is 1. The molecule has 0 radical (unpaired) electrons. The standard InChI is InChI=1S/C20H22N4O4S2/c1-28-15-8-9-18-16(12-15)22-20(29-18)23(13-14-6-3-4-10-21-14)19(25)17-7-5-11-24(17)30(2,26)27/h3-4,6,8-10,12,17H,5,7,11,13H2,1-2H3. The lowest BCUT2D eigenvalue weighted by Crippen LogP contribution is -2.47. The molecule has 1 saturated heterocycles. The molecular formula is C20H22N4O4S2. The van der Waals surface area contributed by atoms with Crippen LogP contribution in [0.5, 0.6) is 5.75 Å². The van der Waals surface area contributed by atoms with Gasteiger partial charge in [0.25, 0.3) is 0 Å². The number of benzene rings is 1. The fraction of sp³-hybridized carbons (Fsp3) is 0.350. The van der Waals surface area contributed by atoms with Crippen molar-refractivity contribution in [3.8, 4) is 5.75 Å². The van der Waals surface area contributed by atoms with Crippen LogP contribution in [0.4, 0.5) is 5.13 Å². The molecule has 0 N–H and O–H groups in total. The largest absolute Gasteiger partial charge is 0.497 e. The second-order valence-electron chi connectivity index (χ2n) is 7.11. The van der Waals surface area contributed by atoms with E-state index in [1.807, 2.05) is 36.4 Å².